The van der Waals surface area contributed by atoms with Crippen LogP contribution in [-0.4, -0.2) is 47.2 Å². The molecule has 1 unspecified atom stereocenters. The molecule has 2 heterocycles. The summed E-state index contributed by atoms with van der Waals surface area (Å²) in [7, 11) is 1.36. The predicted octanol–water partition coefficient (Wildman–Crippen LogP) is 0.580. The molecule has 3 N–H and O–H groups in total. The number of likely N-dealkylation sites (tertiary alicyclic amines) is 1. The highest BCUT2D eigenvalue weighted by molar-refractivity contribution is 5.98. The summed E-state index contributed by atoms with van der Waals surface area (Å²) in [6.07, 6.45) is 2.21. The molecule has 7 heteroatoms. The maximum absolute atomic E-state index is 12.4. The van der Waals surface area contributed by atoms with Crippen LogP contribution in [0.5, 0.6) is 0 Å². The maximum atomic E-state index is 12.4. The Balaban J connectivity index is 2.12. The quantitative estimate of drug-likeness (QED) is 0.789. The molecule has 0 aromatic carbocycles. The fourth-order valence-electron chi connectivity index (χ4n) is 2.49. The summed E-state index contributed by atoms with van der Waals surface area (Å²) < 4.78 is 4.75. The van der Waals surface area contributed by atoms with E-state index >= 15 is 0 Å². The van der Waals surface area contributed by atoms with Crippen molar-refractivity contribution in [2.45, 2.75) is 26.2 Å². The summed E-state index contributed by atoms with van der Waals surface area (Å²) in [5.74, 6) is -0.762. The van der Waals surface area contributed by atoms with Gasteiger partial charge >= 0.3 is 5.97 Å². The third-order valence-corrected chi connectivity index (χ3v) is 3.68. The van der Waals surface area contributed by atoms with E-state index in [1.807, 2.05) is 6.92 Å². The number of esters is 1. The molecule has 1 amide bonds. The molecule has 1 atom stereocenters. The fourth-order valence-corrected chi connectivity index (χ4v) is 2.49. The van der Waals surface area contributed by atoms with E-state index in [0.29, 0.717) is 25.2 Å². The third kappa shape index (κ3) is 2.61. The van der Waals surface area contributed by atoms with Crippen LogP contribution in [0.3, 0.4) is 0 Å². The van der Waals surface area contributed by atoms with Crippen LogP contribution in [0, 0.1) is 5.92 Å². The van der Waals surface area contributed by atoms with Crippen molar-refractivity contribution in [3.8, 4) is 0 Å². The van der Waals surface area contributed by atoms with Gasteiger partial charge in [-0.05, 0) is 19.3 Å². The number of aromatic amines is 1. The van der Waals surface area contributed by atoms with E-state index in [2.05, 4.69) is 10.2 Å². The number of aryl methyl sites for hydroxylation is 1. The van der Waals surface area contributed by atoms with Crippen molar-refractivity contribution in [3.63, 3.8) is 0 Å². The van der Waals surface area contributed by atoms with E-state index in [4.69, 9.17) is 10.5 Å². The highest BCUT2D eigenvalue weighted by Crippen LogP contribution is 2.22. The average molecular weight is 280 g/mol. The lowest BCUT2D eigenvalue weighted by atomic mass is 9.98. The normalized spacial score (nSPS) is 18.9. The molecular formula is C13H20N4O3. The zero-order valence-electron chi connectivity index (χ0n) is 11.8. The minimum Gasteiger partial charge on any atom is -0.469 e. The van der Waals surface area contributed by atoms with Crippen molar-refractivity contribution in [3.05, 3.63) is 11.4 Å². The van der Waals surface area contributed by atoms with Crippen LogP contribution in [0.4, 0.5) is 5.69 Å². The van der Waals surface area contributed by atoms with Gasteiger partial charge in [0.2, 0.25) is 0 Å². The second-order valence-electron chi connectivity index (χ2n) is 4.93. The SMILES string of the molecule is CCc1[nH]nc(C(=O)N2CCCC(C(=O)OC)C2)c1N. The van der Waals surface area contributed by atoms with Crippen molar-refractivity contribution < 1.29 is 14.3 Å². The summed E-state index contributed by atoms with van der Waals surface area (Å²) in [4.78, 5) is 25.6. The molecule has 0 aliphatic carbocycles. The van der Waals surface area contributed by atoms with Crippen LogP contribution in [-0.2, 0) is 16.0 Å². The van der Waals surface area contributed by atoms with Gasteiger partial charge in [-0.15, -0.1) is 0 Å². The van der Waals surface area contributed by atoms with Gasteiger partial charge in [0.15, 0.2) is 5.69 Å². The number of nitrogens with one attached hydrogen (secondary N) is 1. The van der Waals surface area contributed by atoms with E-state index in [1.54, 1.807) is 4.90 Å². The number of aromatic nitrogens is 2. The Bertz CT molecular complexity index is 512. The highest BCUT2D eigenvalue weighted by Gasteiger charge is 2.31. The molecule has 1 aromatic rings. The zero-order chi connectivity index (χ0) is 14.7. The van der Waals surface area contributed by atoms with Crippen LogP contribution in [0.25, 0.3) is 0 Å². The van der Waals surface area contributed by atoms with Gasteiger partial charge in [0, 0.05) is 13.1 Å². The number of carbonyl (C=O) groups excluding carboxylic acids is 2. The van der Waals surface area contributed by atoms with Crippen molar-refractivity contribution in [2.75, 3.05) is 25.9 Å². The number of hydrogen-bond acceptors (Lipinski definition) is 5. The molecule has 2 rings (SSSR count). The number of nitrogens with two attached hydrogens (primary N) is 1. The van der Waals surface area contributed by atoms with Crippen LogP contribution in [0.15, 0.2) is 0 Å². The number of piperidine rings is 1. The standard InChI is InChI=1S/C13H20N4O3/c1-3-9-10(14)11(16-15-9)12(18)17-6-4-5-8(7-17)13(19)20-2/h8H,3-7,14H2,1-2H3,(H,15,16). The van der Waals surface area contributed by atoms with Gasteiger partial charge in [-0.25, -0.2) is 0 Å². The number of nitrogen functional groups attached to an aromatic ring is 1. The molecule has 1 aromatic heterocycles. The molecule has 0 radical (unpaired) electrons. The monoisotopic (exact) mass is 280 g/mol. The first-order chi connectivity index (χ1) is 9.58. The van der Waals surface area contributed by atoms with Crippen molar-refractivity contribution in [1.82, 2.24) is 15.1 Å². The zero-order valence-corrected chi connectivity index (χ0v) is 11.8. The number of nitrogens with zero attached hydrogens (tertiary/aromatic N) is 2. The molecule has 0 spiro atoms. The number of H-pyrrole nitrogens is 1. The number of amides is 1. The van der Waals surface area contributed by atoms with Crippen LogP contribution in [0.2, 0.25) is 0 Å². The summed E-state index contributed by atoms with van der Waals surface area (Å²) in [5.41, 5.74) is 7.31. The van der Waals surface area contributed by atoms with Crippen LogP contribution >= 0.6 is 0 Å². The van der Waals surface area contributed by atoms with Gasteiger partial charge in [-0.1, -0.05) is 6.92 Å². The predicted molar refractivity (Wildman–Crippen MR) is 73.0 cm³/mol. The van der Waals surface area contributed by atoms with Crippen molar-refractivity contribution >= 4 is 17.6 Å². The lowest BCUT2D eigenvalue weighted by molar-refractivity contribution is -0.146. The minimum absolute atomic E-state index is 0.230. The Morgan fingerprint density at radius 1 is 1.55 bits per heavy atom. The molecule has 7 nitrogen and oxygen atoms in total. The Morgan fingerprint density at radius 2 is 2.30 bits per heavy atom. The van der Waals surface area contributed by atoms with Crippen molar-refractivity contribution in [1.29, 1.82) is 0 Å². The summed E-state index contributed by atoms with van der Waals surface area (Å²) >= 11 is 0. The third-order valence-electron chi connectivity index (χ3n) is 3.68. The Kier molecular flexibility index (Phi) is 4.26. The molecule has 1 aliphatic rings. The summed E-state index contributed by atoms with van der Waals surface area (Å²) in [6.45, 7) is 2.91. The maximum Gasteiger partial charge on any atom is 0.310 e. The fraction of sp³-hybridized carbons (Fsp3) is 0.615. The Labute approximate surface area is 117 Å². The van der Waals surface area contributed by atoms with Gasteiger partial charge in [0.05, 0.1) is 24.4 Å². The molecule has 110 valence electrons. The van der Waals surface area contributed by atoms with Gasteiger partial charge in [-0.2, -0.15) is 5.10 Å². The largest absolute Gasteiger partial charge is 0.469 e. The Hall–Kier alpha value is -2.05. The topological polar surface area (TPSA) is 101 Å². The minimum atomic E-state index is -0.272. The van der Waals surface area contributed by atoms with Gasteiger partial charge in [0.25, 0.3) is 5.91 Å². The van der Waals surface area contributed by atoms with E-state index in [1.165, 1.54) is 7.11 Å². The molecule has 0 saturated carbocycles. The lowest BCUT2D eigenvalue weighted by Crippen LogP contribution is -2.43. The first-order valence-corrected chi connectivity index (χ1v) is 6.78. The van der Waals surface area contributed by atoms with Gasteiger partial charge < -0.3 is 15.4 Å². The summed E-state index contributed by atoms with van der Waals surface area (Å²) in [5, 5.41) is 6.77. The van der Waals surface area contributed by atoms with Gasteiger partial charge in [0.1, 0.15) is 0 Å². The number of carbonyl (C=O) groups is 2. The number of ether oxygens (including phenoxy) is 1. The lowest BCUT2D eigenvalue weighted by Gasteiger charge is -2.30. The summed E-state index contributed by atoms with van der Waals surface area (Å²) in [6, 6.07) is 0. The van der Waals surface area contributed by atoms with E-state index in [9.17, 15) is 9.59 Å². The highest BCUT2D eigenvalue weighted by atomic mass is 16.5. The number of methoxy groups -OCH3 is 1. The van der Waals surface area contributed by atoms with E-state index < -0.39 is 0 Å². The van der Waals surface area contributed by atoms with Crippen LogP contribution in [0.1, 0.15) is 35.9 Å². The van der Waals surface area contributed by atoms with Crippen LogP contribution < -0.4 is 5.73 Å². The molecule has 1 aliphatic heterocycles. The molecular weight excluding hydrogens is 260 g/mol. The molecule has 20 heavy (non-hydrogen) atoms. The smallest absolute Gasteiger partial charge is 0.310 e. The first-order valence-electron chi connectivity index (χ1n) is 6.78. The number of rotatable bonds is 3. The number of anilines is 1. The van der Waals surface area contributed by atoms with Crippen molar-refractivity contribution in [2.24, 2.45) is 5.92 Å². The second-order valence-corrected chi connectivity index (χ2v) is 4.93. The second kappa shape index (κ2) is 5.94. The molecule has 0 bridgehead atoms. The molecule has 1 saturated heterocycles. The van der Waals surface area contributed by atoms with Gasteiger partial charge in [-0.3, -0.25) is 14.7 Å². The molecule has 1 fully saturated rings. The van der Waals surface area contributed by atoms with E-state index in [0.717, 1.165) is 18.5 Å². The average Bonchev–Trinajstić information content (AvgIpc) is 2.86. The van der Waals surface area contributed by atoms with E-state index in [-0.39, 0.29) is 23.5 Å². The first kappa shape index (κ1) is 14.4. The number of hydrogen-bond donors (Lipinski definition) is 2. The Morgan fingerprint density at radius 3 is 2.90 bits per heavy atom.